The number of furan rings is 1. The van der Waals surface area contributed by atoms with Gasteiger partial charge in [-0.05, 0) is 30.7 Å². The molecule has 3 aromatic rings. The Labute approximate surface area is 146 Å². The molecule has 0 aliphatic heterocycles. The Morgan fingerprint density at radius 1 is 1.04 bits per heavy atom. The molecule has 0 saturated carbocycles. The van der Waals surface area contributed by atoms with Crippen molar-refractivity contribution < 1.29 is 9.21 Å². The van der Waals surface area contributed by atoms with Crippen molar-refractivity contribution in [1.82, 2.24) is 5.32 Å². The molecule has 24 heavy (non-hydrogen) atoms. The van der Waals surface area contributed by atoms with E-state index in [-0.39, 0.29) is 11.9 Å². The van der Waals surface area contributed by atoms with Gasteiger partial charge < -0.3 is 9.73 Å². The lowest BCUT2D eigenvalue weighted by Gasteiger charge is -2.13. The molecule has 0 spiro atoms. The lowest BCUT2D eigenvalue weighted by Crippen LogP contribution is -2.26. The van der Waals surface area contributed by atoms with Crippen molar-refractivity contribution in [2.45, 2.75) is 23.6 Å². The highest BCUT2D eigenvalue weighted by Gasteiger charge is 2.18. The minimum absolute atomic E-state index is 0.0709. The van der Waals surface area contributed by atoms with Crippen LogP contribution in [0.5, 0.6) is 0 Å². The molecule has 1 N–H and O–H groups in total. The molecule has 0 aliphatic carbocycles. The van der Waals surface area contributed by atoms with E-state index in [1.807, 2.05) is 61.5 Å². The van der Waals surface area contributed by atoms with Crippen LogP contribution < -0.4 is 5.32 Å². The van der Waals surface area contributed by atoms with Crippen molar-refractivity contribution in [3.05, 3.63) is 89.9 Å². The van der Waals surface area contributed by atoms with Crippen LogP contribution in [0.4, 0.5) is 0 Å². The number of hydrogen-bond donors (Lipinski definition) is 1. The molecule has 1 atom stereocenters. The minimum atomic E-state index is -0.181. The molecule has 1 heterocycles. The number of hydrogen-bond acceptors (Lipinski definition) is 3. The standard InChI is InChI=1S/C20H19NO2S/c1-15(16-8-4-2-5-9-16)21-20(22)19-17(12-13-23-19)14-24-18-10-6-3-7-11-18/h2-13,15H,14H2,1H3,(H,21,22). The molecule has 1 amide bonds. The Hall–Kier alpha value is -2.46. The van der Waals surface area contributed by atoms with E-state index in [1.54, 1.807) is 18.0 Å². The van der Waals surface area contributed by atoms with Crippen LogP contribution in [-0.4, -0.2) is 5.91 Å². The molecule has 3 rings (SSSR count). The number of amides is 1. The zero-order valence-corrected chi connectivity index (χ0v) is 14.3. The molecule has 0 saturated heterocycles. The summed E-state index contributed by atoms with van der Waals surface area (Å²) in [7, 11) is 0. The first kappa shape index (κ1) is 16.4. The number of benzene rings is 2. The molecule has 0 aliphatic rings. The summed E-state index contributed by atoms with van der Waals surface area (Å²) in [4.78, 5) is 13.7. The minimum Gasteiger partial charge on any atom is -0.459 e. The maximum Gasteiger partial charge on any atom is 0.287 e. The zero-order valence-electron chi connectivity index (χ0n) is 13.4. The molecule has 1 unspecified atom stereocenters. The third kappa shape index (κ3) is 4.09. The summed E-state index contributed by atoms with van der Waals surface area (Å²) in [6.45, 7) is 1.97. The summed E-state index contributed by atoms with van der Waals surface area (Å²) in [5, 5.41) is 3.00. The molecule has 0 radical (unpaired) electrons. The number of rotatable bonds is 6. The molecule has 0 fully saturated rings. The number of nitrogens with one attached hydrogen (secondary N) is 1. The molecule has 3 nitrogen and oxygen atoms in total. The van der Waals surface area contributed by atoms with Gasteiger partial charge in [0.2, 0.25) is 0 Å². The smallest absolute Gasteiger partial charge is 0.287 e. The van der Waals surface area contributed by atoms with Crippen LogP contribution in [0.3, 0.4) is 0 Å². The lowest BCUT2D eigenvalue weighted by molar-refractivity contribution is 0.0911. The Morgan fingerprint density at radius 3 is 2.42 bits per heavy atom. The summed E-state index contributed by atoms with van der Waals surface area (Å²) in [6.07, 6.45) is 1.57. The molecular weight excluding hydrogens is 318 g/mol. The van der Waals surface area contributed by atoms with Crippen LogP contribution in [0, 0.1) is 0 Å². The summed E-state index contributed by atoms with van der Waals surface area (Å²) >= 11 is 1.68. The maximum atomic E-state index is 12.5. The normalized spacial score (nSPS) is 11.9. The van der Waals surface area contributed by atoms with Gasteiger partial charge in [-0.3, -0.25) is 4.79 Å². The quantitative estimate of drug-likeness (QED) is 0.639. The van der Waals surface area contributed by atoms with E-state index in [4.69, 9.17) is 4.42 Å². The van der Waals surface area contributed by atoms with Gasteiger partial charge >= 0.3 is 0 Å². The monoisotopic (exact) mass is 337 g/mol. The topological polar surface area (TPSA) is 42.2 Å². The molecule has 1 aromatic heterocycles. The van der Waals surface area contributed by atoms with E-state index in [1.165, 1.54) is 4.90 Å². The average Bonchev–Trinajstić information content (AvgIpc) is 3.10. The molecule has 4 heteroatoms. The summed E-state index contributed by atoms with van der Waals surface area (Å²) in [5.41, 5.74) is 1.97. The van der Waals surface area contributed by atoms with E-state index >= 15 is 0 Å². The summed E-state index contributed by atoms with van der Waals surface area (Å²) < 4.78 is 5.43. The molecule has 2 aromatic carbocycles. The third-order valence-corrected chi connectivity index (χ3v) is 4.80. The third-order valence-electron chi connectivity index (χ3n) is 3.74. The van der Waals surface area contributed by atoms with Crippen molar-refractivity contribution in [3.63, 3.8) is 0 Å². The van der Waals surface area contributed by atoms with Gasteiger partial charge in [-0.25, -0.2) is 0 Å². The van der Waals surface area contributed by atoms with Gasteiger partial charge in [-0.15, -0.1) is 11.8 Å². The van der Waals surface area contributed by atoms with Gasteiger partial charge in [0.15, 0.2) is 5.76 Å². The van der Waals surface area contributed by atoms with Gasteiger partial charge in [0.1, 0.15) is 0 Å². The summed E-state index contributed by atoms with van der Waals surface area (Å²) in [5.74, 6) is 0.907. The van der Waals surface area contributed by atoms with Gasteiger partial charge in [0.25, 0.3) is 5.91 Å². The highest BCUT2D eigenvalue weighted by Crippen LogP contribution is 2.25. The Morgan fingerprint density at radius 2 is 1.71 bits per heavy atom. The predicted octanol–water partition coefficient (Wildman–Crippen LogP) is 5.06. The van der Waals surface area contributed by atoms with Crippen molar-refractivity contribution in [3.8, 4) is 0 Å². The summed E-state index contributed by atoms with van der Waals surface area (Å²) in [6, 6.07) is 21.8. The Bertz CT molecular complexity index is 784. The second kappa shape index (κ2) is 7.88. The van der Waals surface area contributed by atoms with E-state index in [0.717, 1.165) is 11.1 Å². The van der Waals surface area contributed by atoms with E-state index in [0.29, 0.717) is 11.5 Å². The fraction of sp³-hybridized carbons (Fsp3) is 0.150. The average molecular weight is 337 g/mol. The van der Waals surface area contributed by atoms with Crippen molar-refractivity contribution in [2.24, 2.45) is 0 Å². The maximum absolute atomic E-state index is 12.5. The molecular formula is C20H19NO2S. The van der Waals surface area contributed by atoms with Crippen LogP contribution >= 0.6 is 11.8 Å². The van der Waals surface area contributed by atoms with Crippen molar-refractivity contribution in [1.29, 1.82) is 0 Å². The second-order valence-corrected chi connectivity index (χ2v) is 6.53. The Balaban J connectivity index is 1.65. The van der Waals surface area contributed by atoms with E-state index in [2.05, 4.69) is 17.4 Å². The first-order valence-electron chi connectivity index (χ1n) is 7.84. The van der Waals surface area contributed by atoms with Crippen molar-refractivity contribution in [2.75, 3.05) is 0 Å². The van der Waals surface area contributed by atoms with Crippen molar-refractivity contribution >= 4 is 17.7 Å². The largest absolute Gasteiger partial charge is 0.459 e. The lowest BCUT2D eigenvalue weighted by atomic mass is 10.1. The SMILES string of the molecule is CC(NC(=O)c1occc1CSc1ccccc1)c1ccccc1. The van der Waals surface area contributed by atoms with Crippen LogP contribution in [0.15, 0.2) is 82.3 Å². The van der Waals surface area contributed by atoms with Gasteiger partial charge in [0.05, 0.1) is 12.3 Å². The second-order valence-electron chi connectivity index (χ2n) is 5.48. The van der Waals surface area contributed by atoms with Crippen LogP contribution in [-0.2, 0) is 5.75 Å². The van der Waals surface area contributed by atoms with E-state index in [9.17, 15) is 4.79 Å². The highest BCUT2D eigenvalue weighted by atomic mass is 32.2. The number of carbonyl (C=O) groups excluding carboxylic acids is 1. The van der Waals surface area contributed by atoms with Crippen LogP contribution in [0.2, 0.25) is 0 Å². The fourth-order valence-corrected chi connectivity index (χ4v) is 3.31. The zero-order chi connectivity index (χ0) is 16.8. The number of thioether (sulfide) groups is 1. The number of carbonyl (C=O) groups is 1. The Kier molecular flexibility index (Phi) is 5.39. The van der Waals surface area contributed by atoms with Crippen LogP contribution in [0.1, 0.15) is 34.6 Å². The van der Waals surface area contributed by atoms with Gasteiger partial charge in [-0.1, -0.05) is 48.5 Å². The van der Waals surface area contributed by atoms with Gasteiger partial charge in [0, 0.05) is 16.2 Å². The van der Waals surface area contributed by atoms with Gasteiger partial charge in [-0.2, -0.15) is 0 Å². The predicted molar refractivity (Wildman–Crippen MR) is 97.0 cm³/mol. The fourth-order valence-electron chi connectivity index (χ4n) is 2.41. The van der Waals surface area contributed by atoms with E-state index < -0.39 is 0 Å². The van der Waals surface area contributed by atoms with Crippen LogP contribution in [0.25, 0.3) is 0 Å². The molecule has 122 valence electrons. The highest BCUT2D eigenvalue weighted by molar-refractivity contribution is 7.98. The first-order chi connectivity index (χ1) is 11.7. The molecule has 0 bridgehead atoms. The first-order valence-corrected chi connectivity index (χ1v) is 8.82.